The Morgan fingerprint density at radius 3 is 2.70 bits per heavy atom. The first-order valence-corrected chi connectivity index (χ1v) is 5.72. The molecule has 108 valence electrons. The minimum atomic E-state index is -1.31. The molecular weight excluding hydrogens is 292 g/mol. The number of benzene rings is 1. The van der Waals surface area contributed by atoms with Gasteiger partial charge >= 0.3 is 5.97 Å². The van der Waals surface area contributed by atoms with Crippen LogP contribution in [0.25, 0.3) is 0 Å². The molecule has 1 amide bonds. The Morgan fingerprint density at radius 1 is 1.55 bits per heavy atom. The summed E-state index contributed by atoms with van der Waals surface area (Å²) in [4.78, 5) is 33.2. The fourth-order valence-electron chi connectivity index (χ4n) is 1.41. The molecule has 0 aliphatic rings. The second-order valence-corrected chi connectivity index (χ2v) is 4.09. The maximum absolute atomic E-state index is 11.9. The number of ether oxygens (including phenoxy) is 1. The number of halogens is 1. The number of esters is 1. The molecule has 0 spiro atoms. The highest BCUT2D eigenvalue weighted by molar-refractivity contribution is 6.31. The molecular formula is C11H11ClN2O6. The van der Waals surface area contributed by atoms with E-state index in [4.69, 9.17) is 16.7 Å². The van der Waals surface area contributed by atoms with Gasteiger partial charge < -0.3 is 15.2 Å². The highest BCUT2D eigenvalue weighted by atomic mass is 35.5. The molecule has 1 unspecified atom stereocenters. The number of aliphatic hydroxyl groups excluding tert-OH is 1. The summed E-state index contributed by atoms with van der Waals surface area (Å²) in [5.74, 6) is -1.78. The quantitative estimate of drug-likeness (QED) is 0.465. The second-order valence-electron chi connectivity index (χ2n) is 3.65. The van der Waals surface area contributed by atoms with Gasteiger partial charge in [0.25, 0.3) is 11.6 Å². The Hall–Kier alpha value is -2.19. The summed E-state index contributed by atoms with van der Waals surface area (Å²) >= 11 is 5.68. The number of nitro groups is 1. The van der Waals surface area contributed by atoms with Crippen molar-refractivity contribution in [3.05, 3.63) is 38.9 Å². The summed E-state index contributed by atoms with van der Waals surface area (Å²) in [5, 5.41) is 22.1. The van der Waals surface area contributed by atoms with Crippen LogP contribution in [0.5, 0.6) is 0 Å². The van der Waals surface area contributed by atoms with Crippen molar-refractivity contribution < 1.29 is 24.4 Å². The van der Waals surface area contributed by atoms with E-state index in [1.807, 2.05) is 0 Å². The van der Waals surface area contributed by atoms with E-state index in [9.17, 15) is 19.7 Å². The number of amides is 1. The van der Waals surface area contributed by atoms with Crippen molar-refractivity contribution >= 4 is 29.2 Å². The van der Waals surface area contributed by atoms with Gasteiger partial charge in [-0.1, -0.05) is 11.6 Å². The highest BCUT2D eigenvalue weighted by Crippen LogP contribution is 2.22. The van der Waals surface area contributed by atoms with Gasteiger partial charge in [-0.25, -0.2) is 4.79 Å². The molecule has 2 N–H and O–H groups in total. The molecule has 1 rings (SSSR count). The van der Waals surface area contributed by atoms with Crippen molar-refractivity contribution in [2.75, 3.05) is 13.7 Å². The maximum Gasteiger partial charge on any atom is 0.330 e. The van der Waals surface area contributed by atoms with E-state index in [2.05, 4.69) is 10.1 Å². The number of aliphatic hydroxyl groups is 1. The Bertz CT molecular complexity index is 548. The summed E-state index contributed by atoms with van der Waals surface area (Å²) in [6.07, 6.45) is 0. The number of nitro benzene ring substituents is 1. The van der Waals surface area contributed by atoms with E-state index in [1.54, 1.807) is 0 Å². The van der Waals surface area contributed by atoms with Crippen LogP contribution in [-0.2, 0) is 9.53 Å². The van der Waals surface area contributed by atoms with Crippen LogP contribution in [0.3, 0.4) is 0 Å². The Balaban J connectivity index is 3.05. The molecule has 0 aromatic heterocycles. The topological polar surface area (TPSA) is 119 Å². The van der Waals surface area contributed by atoms with Gasteiger partial charge in [-0.15, -0.1) is 0 Å². The summed E-state index contributed by atoms with van der Waals surface area (Å²) in [5.41, 5.74) is -0.779. The lowest BCUT2D eigenvalue weighted by atomic mass is 10.1. The monoisotopic (exact) mass is 302 g/mol. The summed E-state index contributed by atoms with van der Waals surface area (Å²) in [7, 11) is 1.08. The number of rotatable bonds is 5. The van der Waals surface area contributed by atoms with E-state index in [0.717, 1.165) is 19.2 Å². The average Bonchev–Trinajstić information content (AvgIpc) is 2.43. The molecule has 0 radical (unpaired) electrons. The molecule has 1 aromatic carbocycles. The van der Waals surface area contributed by atoms with Gasteiger partial charge in [-0.3, -0.25) is 14.9 Å². The molecule has 0 aliphatic carbocycles. The lowest BCUT2D eigenvalue weighted by Crippen LogP contribution is -2.44. The van der Waals surface area contributed by atoms with E-state index in [-0.39, 0.29) is 10.6 Å². The van der Waals surface area contributed by atoms with Gasteiger partial charge in [-0.2, -0.15) is 0 Å². The van der Waals surface area contributed by atoms with Crippen molar-refractivity contribution in [2.45, 2.75) is 6.04 Å². The fourth-order valence-corrected chi connectivity index (χ4v) is 1.58. The van der Waals surface area contributed by atoms with Crippen LogP contribution in [0, 0.1) is 10.1 Å². The molecule has 0 heterocycles. The first-order valence-electron chi connectivity index (χ1n) is 5.34. The maximum atomic E-state index is 11.9. The molecule has 0 bridgehead atoms. The lowest BCUT2D eigenvalue weighted by Gasteiger charge is -2.13. The van der Waals surface area contributed by atoms with Crippen LogP contribution in [0.15, 0.2) is 18.2 Å². The fraction of sp³-hybridized carbons (Fsp3) is 0.273. The van der Waals surface area contributed by atoms with Gasteiger partial charge in [-0.05, 0) is 12.1 Å². The molecule has 20 heavy (non-hydrogen) atoms. The predicted octanol–water partition coefficient (Wildman–Crippen LogP) is 0.512. The van der Waals surface area contributed by atoms with Gasteiger partial charge in [0.1, 0.15) is 5.56 Å². The van der Waals surface area contributed by atoms with Crippen molar-refractivity contribution in [3.63, 3.8) is 0 Å². The van der Waals surface area contributed by atoms with Gasteiger partial charge in [0.2, 0.25) is 0 Å². The van der Waals surface area contributed by atoms with Crippen LogP contribution in [0.2, 0.25) is 5.02 Å². The van der Waals surface area contributed by atoms with Gasteiger partial charge in [0.05, 0.1) is 18.6 Å². The zero-order chi connectivity index (χ0) is 15.3. The van der Waals surface area contributed by atoms with Crippen molar-refractivity contribution in [1.82, 2.24) is 5.32 Å². The molecule has 0 saturated heterocycles. The largest absolute Gasteiger partial charge is 0.467 e. The molecule has 1 atom stereocenters. The zero-order valence-corrected chi connectivity index (χ0v) is 11.1. The first kappa shape index (κ1) is 15.9. The molecule has 0 aliphatic heterocycles. The summed E-state index contributed by atoms with van der Waals surface area (Å²) < 4.78 is 4.37. The number of hydrogen-bond donors (Lipinski definition) is 2. The molecule has 0 fully saturated rings. The van der Waals surface area contributed by atoms with Gasteiger partial charge in [0, 0.05) is 11.1 Å². The van der Waals surface area contributed by atoms with Crippen molar-refractivity contribution in [3.8, 4) is 0 Å². The van der Waals surface area contributed by atoms with Crippen LogP contribution < -0.4 is 5.32 Å². The number of nitrogens with zero attached hydrogens (tertiary/aromatic N) is 1. The lowest BCUT2D eigenvalue weighted by molar-refractivity contribution is -0.385. The normalized spacial score (nSPS) is 11.6. The van der Waals surface area contributed by atoms with E-state index < -0.39 is 35.1 Å². The summed E-state index contributed by atoms with van der Waals surface area (Å²) in [6.45, 7) is -0.702. The number of carbonyl (C=O) groups is 2. The minimum Gasteiger partial charge on any atom is -0.467 e. The minimum absolute atomic E-state index is 0.124. The third-order valence-corrected chi connectivity index (χ3v) is 2.61. The number of nitrogens with one attached hydrogen (secondary N) is 1. The Morgan fingerprint density at radius 2 is 2.20 bits per heavy atom. The zero-order valence-electron chi connectivity index (χ0n) is 10.3. The van der Waals surface area contributed by atoms with Crippen LogP contribution in [0.4, 0.5) is 5.69 Å². The number of methoxy groups -OCH3 is 1. The van der Waals surface area contributed by atoms with Crippen molar-refractivity contribution in [2.24, 2.45) is 0 Å². The average molecular weight is 303 g/mol. The third kappa shape index (κ3) is 3.65. The van der Waals surface area contributed by atoms with E-state index in [0.29, 0.717) is 0 Å². The summed E-state index contributed by atoms with van der Waals surface area (Å²) in [6, 6.07) is 2.12. The number of hydrogen-bond acceptors (Lipinski definition) is 6. The Kier molecular flexibility index (Phi) is 5.42. The van der Waals surface area contributed by atoms with Crippen LogP contribution in [-0.4, -0.2) is 41.7 Å². The van der Waals surface area contributed by atoms with E-state index in [1.165, 1.54) is 6.07 Å². The molecule has 8 nitrogen and oxygen atoms in total. The van der Waals surface area contributed by atoms with Crippen molar-refractivity contribution in [1.29, 1.82) is 0 Å². The molecule has 1 aromatic rings. The van der Waals surface area contributed by atoms with Crippen LogP contribution >= 0.6 is 11.6 Å². The predicted molar refractivity (Wildman–Crippen MR) is 68.5 cm³/mol. The third-order valence-electron chi connectivity index (χ3n) is 2.37. The Labute approximate surface area is 118 Å². The second kappa shape index (κ2) is 6.83. The van der Waals surface area contributed by atoms with Gasteiger partial charge in [0.15, 0.2) is 6.04 Å². The molecule has 0 saturated carbocycles. The smallest absolute Gasteiger partial charge is 0.330 e. The van der Waals surface area contributed by atoms with Crippen LogP contribution in [0.1, 0.15) is 10.4 Å². The SMILES string of the molecule is COC(=O)C(CO)NC(=O)c1cc(Cl)ccc1[N+](=O)[O-]. The first-order chi connectivity index (χ1) is 9.40. The molecule has 9 heteroatoms. The standard InChI is InChI=1S/C11H11ClN2O6/c1-20-11(17)8(5-15)13-10(16)7-4-6(12)2-3-9(7)14(18)19/h2-4,8,15H,5H2,1H3,(H,13,16). The highest BCUT2D eigenvalue weighted by Gasteiger charge is 2.26. The number of carbonyl (C=O) groups excluding carboxylic acids is 2. The van der Waals surface area contributed by atoms with E-state index >= 15 is 0 Å².